The van der Waals surface area contributed by atoms with E-state index in [0.29, 0.717) is 12.6 Å². The van der Waals surface area contributed by atoms with Gasteiger partial charge >= 0.3 is 0 Å². The van der Waals surface area contributed by atoms with Gasteiger partial charge in [-0.25, -0.2) is 4.99 Å². The van der Waals surface area contributed by atoms with Gasteiger partial charge in [-0.3, -0.25) is 4.68 Å². The topological polar surface area (TPSA) is 57.5 Å². The Hall–Kier alpha value is -1.61. The zero-order valence-corrected chi connectivity index (χ0v) is 21.3. The summed E-state index contributed by atoms with van der Waals surface area (Å²) in [6, 6.07) is 10.9. The molecule has 168 valence electrons. The van der Waals surface area contributed by atoms with Gasteiger partial charge in [0.1, 0.15) is 0 Å². The van der Waals surface area contributed by atoms with Gasteiger partial charge in [-0.2, -0.15) is 5.10 Å². The first-order valence-electron chi connectivity index (χ1n) is 11.0. The lowest BCUT2D eigenvalue weighted by Gasteiger charge is -2.21. The molecule has 6 nitrogen and oxygen atoms in total. The van der Waals surface area contributed by atoms with Crippen molar-refractivity contribution in [3.8, 4) is 0 Å². The first-order valence-corrected chi connectivity index (χ1v) is 11.0. The van der Waals surface area contributed by atoms with Crippen LogP contribution in [0.4, 0.5) is 0 Å². The van der Waals surface area contributed by atoms with E-state index in [1.54, 1.807) is 0 Å². The van der Waals surface area contributed by atoms with Crippen molar-refractivity contribution in [2.24, 2.45) is 4.99 Å². The Bertz CT molecular complexity index is 712. The minimum absolute atomic E-state index is 0. The number of hydrogen-bond donors (Lipinski definition) is 2. The van der Waals surface area contributed by atoms with Crippen LogP contribution in [0.3, 0.4) is 0 Å². The van der Waals surface area contributed by atoms with Gasteiger partial charge in [-0.05, 0) is 63.5 Å². The molecule has 0 aliphatic rings. The van der Waals surface area contributed by atoms with Gasteiger partial charge in [0.2, 0.25) is 0 Å². The average Bonchev–Trinajstić information content (AvgIpc) is 3.23. The van der Waals surface area contributed by atoms with E-state index < -0.39 is 0 Å². The second kappa shape index (κ2) is 15.2. The summed E-state index contributed by atoms with van der Waals surface area (Å²) in [6.07, 6.45) is 6.14. The Balaban J connectivity index is 0.00000450. The number of hydrogen-bond acceptors (Lipinski definition) is 3. The van der Waals surface area contributed by atoms with E-state index in [4.69, 9.17) is 4.99 Å². The number of benzene rings is 1. The zero-order valence-electron chi connectivity index (χ0n) is 19.0. The summed E-state index contributed by atoms with van der Waals surface area (Å²) in [7, 11) is 0. The SMILES string of the molecule is CCNC(=NCc1cccc(Cn2cccn2)c1)NC(C)CCCN(CC)CC.I. The third-order valence-corrected chi connectivity index (χ3v) is 5.05. The zero-order chi connectivity index (χ0) is 20.9. The van der Waals surface area contributed by atoms with Crippen LogP contribution in [-0.2, 0) is 13.1 Å². The maximum atomic E-state index is 4.80. The third kappa shape index (κ3) is 9.93. The van der Waals surface area contributed by atoms with Gasteiger partial charge in [-0.1, -0.05) is 38.1 Å². The van der Waals surface area contributed by atoms with Crippen LogP contribution in [0.15, 0.2) is 47.7 Å². The van der Waals surface area contributed by atoms with E-state index in [0.717, 1.165) is 45.1 Å². The predicted octanol–water partition coefficient (Wildman–Crippen LogP) is 4.12. The van der Waals surface area contributed by atoms with E-state index in [2.05, 4.69) is 72.6 Å². The fourth-order valence-electron chi connectivity index (χ4n) is 3.36. The molecule has 0 spiro atoms. The van der Waals surface area contributed by atoms with Crippen LogP contribution in [0, 0.1) is 0 Å². The smallest absolute Gasteiger partial charge is 0.191 e. The molecule has 0 bridgehead atoms. The number of aliphatic imine (C=N–C) groups is 1. The van der Waals surface area contributed by atoms with Crippen LogP contribution < -0.4 is 10.6 Å². The highest BCUT2D eigenvalue weighted by Crippen LogP contribution is 2.08. The molecule has 0 fully saturated rings. The summed E-state index contributed by atoms with van der Waals surface area (Å²) in [5, 5.41) is 11.2. The van der Waals surface area contributed by atoms with E-state index in [1.165, 1.54) is 17.5 Å². The highest BCUT2D eigenvalue weighted by Gasteiger charge is 2.07. The molecule has 1 atom stereocenters. The first-order chi connectivity index (χ1) is 14.1. The van der Waals surface area contributed by atoms with Crippen molar-refractivity contribution in [3.05, 3.63) is 53.9 Å². The number of guanidine groups is 1. The summed E-state index contributed by atoms with van der Waals surface area (Å²) in [4.78, 5) is 7.27. The number of nitrogens with one attached hydrogen (secondary N) is 2. The minimum Gasteiger partial charge on any atom is -0.357 e. The van der Waals surface area contributed by atoms with Crippen LogP contribution in [0.2, 0.25) is 0 Å². The lowest BCUT2D eigenvalue weighted by molar-refractivity contribution is 0.292. The summed E-state index contributed by atoms with van der Waals surface area (Å²) < 4.78 is 1.94. The number of rotatable bonds is 12. The van der Waals surface area contributed by atoms with Crippen molar-refractivity contribution in [1.82, 2.24) is 25.3 Å². The number of halogens is 1. The van der Waals surface area contributed by atoms with Crippen LogP contribution in [0.1, 0.15) is 51.7 Å². The molecular formula is C23H39IN6. The van der Waals surface area contributed by atoms with Crippen LogP contribution in [0.5, 0.6) is 0 Å². The molecule has 0 amide bonds. The second-order valence-corrected chi connectivity index (χ2v) is 7.43. The maximum Gasteiger partial charge on any atom is 0.191 e. The molecule has 1 unspecified atom stereocenters. The van der Waals surface area contributed by atoms with Crippen LogP contribution >= 0.6 is 24.0 Å². The standard InChI is InChI=1S/C23H38N6.HI/c1-5-24-23(27-20(4)11-9-15-28(6-2)7-3)25-18-21-12-8-13-22(17-21)19-29-16-10-14-26-29;/h8,10,12-14,16-17,20H,5-7,9,11,15,18-19H2,1-4H3,(H2,24,25,27);1H. The van der Waals surface area contributed by atoms with Crippen molar-refractivity contribution in [3.63, 3.8) is 0 Å². The molecule has 0 aliphatic heterocycles. The molecule has 1 aromatic carbocycles. The van der Waals surface area contributed by atoms with E-state index >= 15 is 0 Å². The largest absolute Gasteiger partial charge is 0.357 e. The molecule has 0 saturated carbocycles. The molecule has 0 radical (unpaired) electrons. The normalized spacial score (nSPS) is 12.5. The summed E-state index contributed by atoms with van der Waals surface area (Å²) in [6.45, 7) is 14.5. The summed E-state index contributed by atoms with van der Waals surface area (Å²) in [5.41, 5.74) is 2.45. The van der Waals surface area contributed by atoms with Gasteiger partial charge in [0, 0.05) is 25.0 Å². The lowest BCUT2D eigenvalue weighted by atomic mass is 10.1. The monoisotopic (exact) mass is 526 g/mol. The molecular weight excluding hydrogens is 487 g/mol. The summed E-state index contributed by atoms with van der Waals surface area (Å²) >= 11 is 0. The van der Waals surface area contributed by atoms with Crippen molar-refractivity contribution >= 4 is 29.9 Å². The molecule has 1 aromatic heterocycles. The van der Waals surface area contributed by atoms with Gasteiger partial charge in [0.05, 0.1) is 13.1 Å². The van der Waals surface area contributed by atoms with Gasteiger partial charge in [0.15, 0.2) is 5.96 Å². The van der Waals surface area contributed by atoms with Crippen molar-refractivity contribution < 1.29 is 0 Å². The van der Waals surface area contributed by atoms with Gasteiger partial charge in [-0.15, -0.1) is 24.0 Å². The number of aromatic nitrogens is 2. The summed E-state index contributed by atoms with van der Waals surface area (Å²) in [5.74, 6) is 0.889. The molecule has 2 rings (SSSR count). The number of nitrogens with zero attached hydrogens (tertiary/aromatic N) is 4. The Morgan fingerprint density at radius 2 is 1.93 bits per heavy atom. The van der Waals surface area contributed by atoms with Crippen molar-refractivity contribution in [2.45, 2.75) is 59.7 Å². The first kappa shape index (κ1) is 26.4. The molecule has 2 N–H and O–H groups in total. The predicted molar refractivity (Wildman–Crippen MR) is 138 cm³/mol. The molecule has 0 saturated heterocycles. The second-order valence-electron chi connectivity index (χ2n) is 7.43. The molecule has 2 aromatic rings. The van der Waals surface area contributed by atoms with Crippen molar-refractivity contribution in [1.29, 1.82) is 0 Å². The average molecular weight is 527 g/mol. The highest BCUT2D eigenvalue weighted by atomic mass is 127. The van der Waals surface area contributed by atoms with Gasteiger partial charge < -0.3 is 15.5 Å². The molecule has 0 aliphatic carbocycles. The highest BCUT2D eigenvalue weighted by molar-refractivity contribution is 14.0. The van der Waals surface area contributed by atoms with Crippen molar-refractivity contribution in [2.75, 3.05) is 26.2 Å². The van der Waals surface area contributed by atoms with E-state index in [1.807, 2.05) is 23.1 Å². The van der Waals surface area contributed by atoms with E-state index in [-0.39, 0.29) is 24.0 Å². The third-order valence-electron chi connectivity index (χ3n) is 5.05. The maximum absolute atomic E-state index is 4.80. The van der Waals surface area contributed by atoms with E-state index in [9.17, 15) is 0 Å². The quantitative estimate of drug-likeness (QED) is 0.248. The minimum atomic E-state index is 0. The molecule has 7 heteroatoms. The Morgan fingerprint density at radius 1 is 1.17 bits per heavy atom. The lowest BCUT2D eigenvalue weighted by Crippen LogP contribution is -2.42. The van der Waals surface area contributed by atoms with Crippen LogP contribution in [-0.4, -0.2) is 52.9 Å². The Kier molecular flexibility index (Phi) is 13.4. The molecule has 30 heavy (non-hydrogen) atoms. The fraction of sp³-hybridized carbons (Fsp3) is 0.565. The molecule has 1 heterocycles. The Morgan fingerprint density at radius 3 is 2.60 bits per heavy atom. The van der Waals surface area contributed by atoms with Gasteiger partial charge in [0.25, 0.3) is 0 Å². The fourth-order valence-corrected chi connectivity index (χ4v) is 3.36. The van der Waals surface area contributed by atoms with Crippen LogP contribution in [0.25, 0.3) is 0 Å². The Labute approximate surface area is 199 Å².